The standard InChI is InChI=1S/C30H30N8O4/c31-27-25-22(15-36(28(25)34-17-33-27)19-7-9-21(39)10-8-19)18-6-11-24(32-14-18)35-29(40)26-23-16-42-13-12-37(23)38(30(26)41)20-4-2-1-3-5-20/h1-6,11,14-15,17,19,21,39H,7-10,12-13,16H2,(H2,31,33,34)(H,32,35,40)/t19-,21-. The van der Waals surface area contributed by atoms with Gasteiger partial charge in [-0.25, -0.2) is 19.6 Å². The molecule has 7 rings (SSSR count). The number of aliphatic hydroxyl groups excluding tert-OH is 1. The molecule has 12 heteroatoms. The summed E-state index contributed by atoms with van der Waals surface area (Å²) in [5, 5.41) is 13.5. The minimum absolute atomic E-state index is 0.0371. The van der Waals surface area contributed by atoms with Crippen LogP contribution in [0.5, 0.6) is 0 Å². The van der Waals surface area contributed by atoms with Crippen LogP contribution in [-0.2, 0) is 17.9 Å². The molecule has 5 heterocycles. The summed E-state index contributed by atoms with van der Waals surface area (Å²) >= 11 is 0. The molecule has 5 aromatic rings. The molecule has 1 aliphatic heterocycles. The first kappa shape index (κ1) is 26.1. The third-order valence-corrected chi connectivity index (χ3v) is 8.18. The summed E-state index contributed by atoms with van der Waals surface area (Å²) in [4.78, 5) is 40.2. The largest absolute Gasteiger partial charge is 0.393 e. The topological polar surface area (TPSA) is 155 Å². The third kappa shape index (κ3) is 4.45. The van der Waals surface area contributed by atoms with Crippen LogP contribution in [-0.4, -0.2) is 52.6 Å². The van der Waals surface area contributed by atoms with Crippen molar-refractivity contribution in [2.24, 2.45) is 0 Å². The SMILES string of the molecule is Nc1ncnc2c1c(-c1ccc(NC(=O)c3c4n(n(-c5ccccc5)c3=O)CCOC4)nc1)cn2[C@H]1CC[C@H](O)CC1. The minimum Gasteiger partial charge on any atom is -0.393 e. The van der Waals surface area contributed by atoms with Gasteiger partial charge in [0.05, 0.1) is 42.6 Å². The number of hydrogen-bond donors (Lipinski definition) is 3. The average molecular weight is 567 g/mol. The predicted octanol–water partition coefficient (Wildman–Crippen LogP) is 3.29. The number of ether oxygens (including phenoxy) is 1. The van der Waals surface area contributed by atoms with Gasteiger partial charge in [0.1, 0.15) is 29.2 Å². The fourth-order valence-electron chi connectivity index (χ4n) is 6.09. The normalized spacial score (nSPS) is 18.6. The number of carbonyl (C=O) groups is 1. The molecule has 214 valence electrons. The van der Waals surface area contributed by atoms with Gasteiger partial charge >= 0.3 is 0 Å². The number of aliphatic hydroxyl groups is 1. The number of amides is 1. The van der Waals surface area contributed by atoms with Crippen LogP contribution in [0.4, 0.5) is 11.6 Å². The van der Waals surface area contributed by atoms with Crippen LogP contribution in [0.2, 0.25) is 0 Å². The Morgan fingerprint density at radius 2 is 1.86 bits per heavy atom. The predicted molar refractivity (Wildman–Crippen MR) is 156 cm³/mol. The van der Waals surface area contributed by atoms with Crippen LogP contribution >= 0.6 is 0 Å². The van der Waals surface area contributed by atoms with E-state index in [1.165, 1.54) is 11.0 Å². The highest BCUT2D eigenvalue weighted by Gasteiger charge is 2.29. The van der Waals surface area contributed by atoms with Gasteiger partial charge in [0.25, 0.3) is 11.5 Å². The Kier molecular flexibility index (Phi) is 6.56. The van der Waals surface area contributed by atoms with E-state index in [1.54, 1.807) is 12.3 Å². The molecule has 1 saturated carbocycles. The molecule has 0 spiro atoms. The number of nitrogens with one attached hydrogen (secondary N) is 1. The van der Waals surface area contributed by atoms with Crippen molar-refractivity contribution in [3.8, 4) is 16.8 Å². The molecule has 0 atom stereocenters. The lowest BCUT2D eigenvalue weighted by molar-refractivity contribution is 0.0756. The fourth-order valence-corrected chi connectivity index (χ4v) is 6.09. The summed E-state index contributed by atoms with van der Waals surface area (Å²) in [7, 11) is 0. The molecule has 0 radical (unpaired) electrons. The van der Waals surface area contributed by atoms with Gasteiger partial charge in [0.15, 0.2) is 0 Å². The molecule has 1 amide bonds. The van der Waals surface area contributed by atoms with E-state index in [0.29, 0.717) is 36.2 Å². The summed E-state index contributed by atoms with van der Waals surface area (Å²) in [6.45, 7) is 1.08. The van der Waals surface area contributed by atoms with E-state index in [2.05, 4.69) is 24.8 Å². The quantitative estimate of drug-likeness (QED) is 0.293. The zero-order valence-electron chi connectivity index (χ0n) is 22.8. The molecule has 0 bridgehead atoms. The number of nitrogens with two attached hydrogens (primary N) is 1. The number of benzene rings is 1. The van der Waals surface area contributed by atoms with Crippen LogP contribution in [0.3, 0.4) is 0 Å². The number of nitrogen functional groups attached to an aromatic ring is 1. The van der Waals surface area contributed by atoms with Crippen LogP contribution in [0, 0.1) is 0 Å². The lowest BCUT2D eigenvalue weighted by Crippen LogP contribution is -2.26. The highest BCUT2D eigenvalue weighted by Crippen LogP contribution is 2.38. The molecule has 1 aromatic carbocycles. The zero-order chi connectivity index (χ0) is 28.8. The number of pyridine rings is 1. The summed E-state index contributed by atoms with van der Waals surface area (Å²) in [6.07, 6.45) is 8.05. The van der Waals surface area contributed by atoms with E-state index in [1.807, 2.05) is 47.3 Å². The fraction of sp³-hybridized carbons (Fsp3) is 0.300. The molecule has 4 aromatic heterocycles. The number of nitrogens with zero attached hydrogens (tertiary/aromatic N) is 6. The summed E-state index contributed by atoms with van der Waals surface area (Å²) in [5.74, 6) is 0.135. The highest BCUT2D eigenvalue weighted by atomic mass is 16.5. The molecule has 4 N–H and O–H groups in total. The van der Waals surface area contributed by atoms with Gasteiger partial charge in [-0.1, -0.05) is 18.2 Å². The van der Waals surface area contributed by atoms with E-state index in [4.69, 9.17) is 10.5 Å². The molecule has 1 aliphatic carbocycles. The second-order valence-corrected chi connectivity index (χ2v) is 10.7. The number of rotatable bonds is 5. The van der Waals surface area contributed by atoms with Crippen molar-refractivity contribution in [1.29, 1.82) is 0 Å². The maximum absolute atomic E-state index is 13.5. The minimum atomic E-state index is -0.544. The lowest BCUT2D eigenvalue weighted by atomic mass is 9.93. The van der Waals surface area contributed by atoms with E-state index in [0.717, 1.165) is 47.8 Å². The number of aromatic nitrogens is 6. The third-order valence-electron chi connectivity index (χ3n) is 8.18. The van der Waals surface area contributed by atoms with E-state index in [9.17, 15) is 14.7 Å². The van der Waals surface area contributed by atoms with Crippen molar-refractivity contribution in [1.82, 2.24) is 28.9 Å². The molecule has 1 fully saturated rings. The van der Waals surface area contributed by atoms with Crippen molar-refractivity contribution >= 4 is 28.6 Å². The van der Waals surface area contributed by atoms with Crippen molar-refractivity contribution in [3.63, 3.8) is 0 Å². The van der Waals surface area contributed by atoms with Crippen molar-refractivity contribution < 1.29 is 14.6 Å². The molecule has 0 saturated heterocycles. The van der Waals surface area contributed by atoms with E-state index < -0.39 is 11.5 Å². The van der Waals surface area contributed by atoms with Gasteiger partial charge < -0.3 is 25.5 Å². The Morgan fingerprint density at radius 1 is 1.05 bits per heavy atom. The molecule has 2 aliphatic rings. The summed E-state index contributed by atoms with van der Waals surface area (Å²) in [5.41, 5.74) is 9.51. The summed E-state index contributed by atoms with van der Waals surface area (Å²) in [6, 6.07) is 13.0. The Labute approximate surface area is 240 Å². The second kappa shape index (κ2) is 10.5. The maximum Gasteiger partial charge on any atom is 0.284 e. The summed E-state index contributed by atoms with van der Waals surface area (Å²) < 4.78 is 11.1. The molecular weight excluding hydrogens is 536 g/mol. The number of fused-ring (bicyclic) bond motifs is 2. The number of hydrogen-bond acceptors (Lipinski definition) is 8. The Morgan fingerprint density at radius 3 is 2.62 bits per heavy atom. The number of para-hydroxylation sites is 1. The van der Waals surface area contributed by atoms with E-state index >= 15 is 0 Å². The van der Waals surface area contributed by atoms with Gasteiger partial charge in [-0.05, 0) is 49.9 Å². The first-order chi connectivity index (χ1) is 20.5. The van der Waals surface area contributed by atoms with Crippen LogP contribution in [0.1, 0.15) is 47.8 Å². The smallest absolute Gasteiger partial charge is 0.284 e. The highest BCUT2D eigenvalue weighted by molar-refractivity contribution is 6.05. The molecule has 0 unspecified atom stereocenters. The van der Waals surface area contributed by atoms with Gasteiger partial charge in [-0.15, -0.1) is 0 Å². The number of anilines is 2. The van der Waals surface area contributed by atoms with Crippen molar-refractivity contribution in [2.75, 3.05) is 17.7 Å². The molecular formula is C30H30N8O4. The van der Waals surface area contributed by atoms with Crippen LogP contribution in [0.15, 0.2) is 66.0 Å². The Bertz CT molecular complexity index is 1830. The van der Waals surface area contributed by atoms with Crippen molar-refractivity contribution in [2.45, 2.75) is 51.0 Å². The second-order valence-electron chi connectivity index (χ2n) is 10.7. The van der Waals surface area contributed by atoms with Gasteiger partial charge in [-0.3, -0.25) is 14.3 Å². The first-order valence-electron chi connectivity index (χ1n) is 14.0. The van der Waals surface area contributed by atoms with Gasteiger partial charge in [-0.2, -0.15) is 0 Å². The van der Waals surface area contributed by atoms with E-state index in [-0.39, 0.29) is 24.3 Å². The van der Waals surface area contributed by atoms with Crippen molar-refractivity contribution in [3.05, 3.63) is 82.8 Å². The van der Waals surface area contributed by atoms with Crippen LogP contribution < -0.4 is 16.6 Å². The Balaban J connectivity index is 1.19. The van der Waals surface area contributed by atoms with Gasteiger partial charge in [0, 0.05) is 29.6 Å². The zero-order valence-corrected chi connectivity index (χ0v) is 22.8. The molecule has 42 heavy (non-hydrogen) atoms. The average Bonchev–Trinajstić information content (AvgIpc) is 3.54. The Hall–Kier alpha value is -4.81. The first-order valence-corrected chi connectivity index (χ1v) is 14.0. The number of carbonyl (C=O) groups excluding carboxylic acids is 1. The lowest BCUT2D eigenvalue weighted by Gasteiger charge is -2.27. The van der Waals surface area contributed by atoms with Crippen LogP contribution in [0.25, 0.3) is 27.8 Å². The maximum atomic E-state index is 13.5. The molecule has 12 nitrogen and oxygen atoms in total. The van der Waals surface area contributed by atoms with Gasteiger partial charge in [0.2, 0.25) is 0 Å². The monoisotopic (exact) mass is 566 g/mol.